The summed E-state index contributed by atoms with van der Waals surface area (Å²) in [6.45, 7) is 4.01. The second-order valence-electron chi connectivity index (χ2n) is 7.20. The van der Waals surface area contributed by atoms with Gasteiger partial charge < -0.3 is 15.5 Å². The van der Waals surface area contributed by atoms with Crippen molar-refractivity contribution in [3.05, 3.63) is 0 Å². The molecule has 2 fully saturated rings. The second kappa shape index (κ2) is 7.59. The summed E-state index contributed by atoms with van der Waals surface area (Å²) in [5, 5.41) is 6.63. The third kappa shape index (κ3) is 4.19. The van der Waals surface area contributed by atoms with Crippen molar-refractivity contribution in [2.75, 3.05) is 27.2 Å². The van der Waals surface area contributed by atoms with E-state index < -0.39 is 0 Å². The molecule has 1 aliphatic heterocycles. The highest BCUT2D eigenvalue weighted by atomic mass is 16.2. The third-order valence-corrected chi connectivity index (χ3v) is 5.73. The quantitative estimate of drug-likeness (QED) is 0.817. The minimum Gasteiger partial charge on any atom is -0.353 e. The zero-order valence-electron chi connectivity index (χ0n) is 14.1. The molecule has 1 saturated carbocycles. The maximum atomic E-state index is 12.5. The van der Waals surface area contributed by atoms with Gasteiger partial charge in [-0.3, -0.25) is 4.79 Å². The van der Waals surface area contributed by atoms with Crippen molar-refractivity contribution in [1.29, 1.82) is 0 Å². The Bertz CT molecular complexity index is 337. The van der Waals surface area contributed by atoms with Gasteiger partial charge in [-0.05, 0) is 52.2 Å². The van der Waals surface area contributed by atoms with Gasteiger partial charge in [0.1, 0.15) is 0 Å². The molecule has 1 amide bonds. The number of likely N-dealkylation sites (N-methyl/N-ethyl adjacent to an activating group) is 1. The number of hydrogen-bond donors (Lipinski definition) is 2. The fraction of sp³-hybridized carbons (Fsp3) is 0.941. The van der Waals surface area contributed by atoms with Crippen LogP contribution in [0.3, 0.4) is 0 Å². The molecule has 2 unspecified atom stereocenters. The third-order valence-electron chi connectivity index (χ3n) is 5.73. The van der Waals surface area contributed by atoms with Gasteiger partial charge in [-0.15, -0.1) is 0 Å². The summed E-state index contributed by atoms with van der Waals surface area (Å²) >= 11 is 0. The van der Waals surface area contributed by atoms with Crippen LogP contribution >= 0.6 is 0 Å². The summed E-state index contributed by atoms with van der Waals surface area (Å²) in [5.41, 5.74) is 0.173. The lowest BCUT2D eigenvalue weighted by atomic mass is 9.80. The first kappa shape index (κ1) is 16.8. The van der Waals surface area contributed by atoms with Crippen LogP contribution in [0, 0.1) is 5.92 Å². The zero-order valence-corrected chi connectivity index (χ0v) is 14.1. The first-order valence-electron chi connectivity index (χ1n) is 8.76. The lowest BCUT2D eigenvalue weighted by Crippen LogP contribution is -2.57. The standard InChI is InChI=1S/C17H33N3O/c1-4-14-8-11-18-15(12-14)16(21)19-13-17(20(2)3)9-6-5-7-10-17/h14-15,18H,4-13H2,1-3H3,(H,19,21). The van der Waals surface area contributed by atoms with Crippen molar-refractivity contribution in [1.82, 2.24) is 15.5 Å². The van der Waals surface area contributed by atoms with E-state index in [0.29, 0.717) is 5.92 Å². The smallest absolute Gasteiger partial charge is 0.237 e. The van der Waals surface area contributed by atoms with Crippen molar-refractivity contribution < 1.29 is 4.79 Å². The monoisotopic (exact) mass is 295 g/mol. The van der Waals surface area contributed by atoms with Crippen LogP contribution in [-0.4, -0.2) is 49.6 Å². The minimum atomic E-state index is 0.0199. The normalized spacial score (nSPS) is 29.3. The predicted octanol–water partition coefficient (Wildman–Crippen LogP) is 2.15. The Hall–Kier alpha value is -0.610. The number of piperidine rings is 1. The maximum Gasteiger partial charge on any atom is 0.237 e. The Morgan fingerprint density at radius 2 is 2.00 bits per heavy atom. The van der Waals surface area contributed by atoms with Crippen LogP contribution in [0.5, 0.6) is 0 Å². The Morgan fingerprint density at radius 1 is 1.29 bits per heavy atom. The molecule has 1 aliphatic carbocycles. The number of carbonyl (C=O) groups excluding carboxylic acids is 1. The van der Waals surface area contributed by atoms with Crippen LogP contribution in [0.2, 0.25) is 0 Å². The Labute approximate surface area is 130 Å². The van der Waals surface area contributed by atoms with Gasteiger partial charge >= 0.3 is 0 Å². The summed E-state index contributed by atoms with van der Waals surface area (Å²) in [6, 6.07) is 0.0199. The summed E-state index contributed by atoms with van der Waals surface area (Å²) in [5.74, 6) is 0.916. The highest BCUT2D eigenvalue weighted by Crippen LogP contribution is 2.31. The molecule has 21 heavy (non-hydrogen) atoms. The van der Waals surface area contributed by atoms with Crippen LogP contribution in [0.1, 0.15) is 58.3 Å². The molecule has 122 valence electrons. The van der Waals surface area contributed by atoms with E-state index in [2.05, 4.69) is 36.6 Å². The number of hydrogen-bond acceptors (Lipinski definition) is 3. The fourth-order valence-corrected chi connectivity index (χ4v) is 3.93. The van der Waals surface area contributed by atoms with Gasteiger partial charge in [0.05, 0.1) is 6.04 Å². The molecular formula is C17H33N3O. The van der Waals surface area contributed by atoms with E-state index in [-0.39, 0.29) is 17.5 Å². The van der Waals surface area contributed by atoms with Crippen LogP contribution in [0.25, 0.3) is 0 Å². The number of nitrogens with one attached hydrogen (secondary N) is 2. The molecular weight excluding hydrogens is 262 g/mol. The highest BCUT2D eigenvalue weighted by molar-refractivity contribution is 5.81. The van der Waals surface area contributed by atoms with Crippen LogP contribution in [0.4, 0.5) is 0 Å². The van der Waals surface area contributed by atoms with E-state index in [1.165, 1.54) is 44.9 Å². The van der Waals surface area contributed by atoms with E-state index in [1.54, 1.807) is 0 Å². The number of carbonyl (C=O) groups is 1. The molecule has 1 heterocycles. The molecule has 2 aliphatic rings. The van der Waals surface area contributed by atoms with Gasteiger partial charge in [-0.2, -0.15) is 0 Å². The van der Waals surface area contributed by atoms with Gasteiger partial charge in [0, 0.05) is 12.1 Å². The topological polar surface area (TPSA) is 44.4 Å². The molecule has 2 rings (SSSR count). The molecule has 1 saturated heterocycles. The van der Waals surface area contributed by atoms with Gasteiger partial charge in [-0.1, -0.05) is 32.6 Å². The molecule has 0 aromatic carbocycles. The minimum absolute atomic E-state index is 0.0199. The summed E-state index contributed by atoms with van der Waals surface area (Å²) in [6.07, 6.45) is 9.71. The summed E-state index contributed by atoms with van der Waals surface area (Å²) < 4.78 is 0. The lowest BCUT2D eigenvalue weighted by Gasteiger charge is -2.43. The van der Waals surface area contributed by atoms with Crippen molar-refractivity contribution >= 4 is 5.91 Å². The number of rotatable bonds is 5. The molecule has 4 heteroatoms. The Morgan fingerprint density at radius 3 is 2.62 bits per heavy atom. The van der Waals surface area contributed by atoms with Crippen LogP contribution < -0.4 is 10.6 Å². The molecule has 2 atom stereocenters. The maximum absolute atomic E-state index is 12.5. The molecule has 0 bridgehead atoms. The first-order valence-corrected chi connectivity index (χ1v) is 8.76. The fourth-order valence-electron chi connectivity index (χ4n) is 3.93. The van der Waals surface area contributed by atoms with Gasteiger partial charge in [0.15, 0.2) is 0 Å². The SMILES string of the molecule is CCC1CCNC(C(=O)NCC2(N(C)C)CCCCC2)C1. The second-order valence-corrected chi connectivity index (χ2v) is 7.20. The van der Waals surface area contributed by atoms with Crippen LogP contribution in [0.15, 0.2) is 0 Å². The average Bonchev–Trinajstić information content (AvgIpc) is 2.53. The Balaban J connectivity index is 1.86. The van der Waals surface area contributed by atoms with Crippen molar-refractivity contribution in [3.63, 3.8) is 0 Å². The van der Waals surface area contributed by atoms with E-state index in [4.69, 9.17) is 0 Å². The average molecular weight is 295 g/mol. The van der Waals surface area contributed by atoms with Gasteiger partial charge in [-0.25, -0.2) is 0 Å². The number of amides is 1. The molecule has 0 spiro atoms. The van der Waals surface area contributed by atoms with E-state index in [0.717, 1.165) is 19.5 Å². The van der Waals surface area contributed by atoms with E-state index in [9.17, 15) is 4.79 Å². The van der Waals surface area contributed by atoms with Crippen molar-refractivity contribution in [2.45, 2.75) is 69.9 Å². The van der Waals surface area contributed by atoms with Crippen molar-refractivity contribution in [3.8, 4) is 0 Å². The van der Waals surface area contributed by atoms with Crippen LogP contribution in [-0.2, 0) is 4.79 Å². The van der Waals surface area contributed by atoms with Gasteiger partial charge in [0.2, 0.25) is 5.91 Å². The molecule has 4 nitrogen and oxygen atoms in total. The van der Waals surface area contributed by atoms with E-state index >= 15 is 0 Å². The first-order chi connectivity index (χ1) is 10.1. The van der Waals surface area contributed by atoms with Gasteiger partial charge in [0.25, 0.3) is 0 Å². The lowest BCUT2D eigenvalue weighted by molar-refractivity contribution is -0.124. The number of nitrogens with zero attached hydrogens (tertiary/aromatic N) is 1. The highest BCUT2D eigenvalue weighted by Gasteiger charge is 2.35. The Kier molecular flexibility index (Phi) is 6.06. The predicted molar refractivity (Wildman–Crippen MR) is 87.3 cm³/mol. The largest absolute Gasteiger partial charge is 0.353 e. The van der Waals surface area contributed by atoms with E-state index in [1.807, 2.05) is 0 Å². The molecule has 0 aromatic heterocycles. The molecule has 0 aromatic rings. The molecule has 0 radical (unpaired) electrons. The summed E-state index contributed by atoms with van der Waals surface area (Å²) in [4.78, 5) is 14.8. The summed E-state index contributed by atoms with van der Waals surface area (Å²) in [7, 11) is 4.31. The molecule has 2 N–H and O–H groups in total. The zero-order chi connectivity index (χ0) is 15.3. The van der Waals surface area contributed by atoms with Crippen molar-refractivity contribution in [2.24, 2.45) is 5.92 Å².